The Hall–Kier alpha value is -1.52. The smallest absolute Gasteiger partial charge is 0.188 e. The summed E-state index contributed by atoms with van der Waals surface area (Å²) >= 11 is 1.65. The lowest BCUT2D eigenvalue weighted by Gasteiger charge is -2.03. The zero-order valence-corrected chi connectivity index (χ0v) is 10.9. The van der Waals surface area contributed by atoms with Crippen LogP contribution in [0.25, 0.3) is 0 Å². The van der Waals surface area contributed by atoms with E-state index in [0.717, 1.165) is 10.7 Å². The number of carbonyl (C=O) groups is 1. The first-order valence-electron chi connectivity index (χ1n) is 5.57. The van der Waals surface area contributed by atoms with Gasteiger partial charge >= 0.3 is 0 Å². The highest BCUT2D eigenvalue weighted by molar-refractivity contribution is 7.98. The average molecular weight is 262 g/mol. The number of ketones is 1. The van der Waals surface area contributed by atoms with Crippen molar-refractivity contribution in [3.63, 3.8) is 0 Å². The molecule has 0 fully saturated rings. The number of ether oxygens (including phenoxy) is 1. The van der Waals surface area contributed by atoms with Gasteiger partial charge in [-0.05, 0) is 30.5 Å². The van der Waals surface area contributed by atoms with Gasteiger partial charge < -0.3 is 9.15 Å². The molecule has 4 heteroatoms. The predicted octanol–water partition coefficient (Wildman–Crippen LogP) is 3.40. The Kier molecular flexibility index (Phi) is 4.61. The lowest BCUT2D eigenvalue weighted by atomic mass is 10.1. The van der Waals surface area contributed by atoms with Gasteiger partial charge in [-0.3, -0.25) is 4.79 Å². The summed E-state index contributed by atoms with van der Waals surface area (Å²) < 4.78 is 10.4. The lowest BCUT2D eigenvalue weighted by molar-refractivity contribution is 0.0691. The molecular formula is C14H14O3S. The molecule has 94 valence electrons. The molecule has 0 spiro atoms. The van der Waals surface area contributed by atoms with Crippen LogP contribution in [0.2, 0.25) is 0 Å². The fourth-order valence-corrected chi connectivity index (χ4v) is 1.91. The molecule has 0 aliphatic rings. The second-order valence-corrected chi connectivity index (χ2v) is 4.60. The molecule has 0 aliphatic heterocycles. The first-order chi connectivity index (χ1) is 8.79. The molecule has 0 N–H and O–H groups in total. The van der Waals surface area contributed by atoms with Gasteiger partial charge in [-0.25, -0.2) is 0 Å². The number of hydrogen-bond acceptors (Lipinski definition) is 4. The average Bonchev–Trinajstić information content (AvgIpc) is 2.92. The number of rotatable bonds is 6. The third-order valence-electron chi connectivity index (χ3n) is 2.47. The van der Waals surface area contributed by atoms with Gasteiger partial charge in [0.05, 0.1) is 6.26 Å². The van der Waals surface area contributed by atoms with Gasteiger partial charge in [-0.1, -0.05) is 12.1 Å². The van der Waals surface area contributed by atoms with E-state index < -0.39 is 0 Å². The Bertz CT molecular complexity index is 488. The fourth-order valence-electron chi connectivity index (χ4n) is 1.50. The van der Waals surface area contributed by atoms with E-state index in [1.54, 1.807) is 24.1 Å². The zero-order valence-electron chi connectivity index (χ0n) is 10.1. The van der Waals surface area contributed by atoms with Crippen LogP contribution >= 0.6 is 11.8 Å². The Morgan fingerprint density at radius 2 is 2.06 bits per heavy atom. The molecule has 1 heterocycles. The van der Waals surface area contributed by atoms with Crippen LogP contribution in [0, 0.1) is 0 Å². The van der Waals surface area contributed by atoms with Crippen molar-refractivity contribution in [2.24, 2.45) is 0 Å². The zero-order chi connectivity index (χ0) is 12.8. The van der Waals surface area contributed by atoms with Gasteiger partial charge in [-0.15, -0.1) is 11.8 Å². The molecule has 0 bridgehead atoms. The van der Waals surface area contributed by atoms with Crippen LogP contribution in [-0.4, -0.2) is 18.6 Å². The molecule has 0 radical (unpaired) electrons. The molecule has 1 aromatic carbocycles. The molecular weight excluding hydrogens is 248 g/mol. The number of carbonyl (C=O) groups excluding carboxylic acids is 1. The molecule has 2 aromatic rings. The van der Waals surface area contributed by atoms with Gasteiger partial charge in [0.1, 0.15) is 19.0 Å². The van der Waals surface area contributed by atoms with E-state index in [0.29, 0.717) is 12.2 Å². The quantitative estimate of drug-likeness (QED) is 0.591. The number of Topliss-reactive ketones (excluding diaryl/α,β-unsaturated/α-hetero) is 1. The normalized spacial score (nSPS) is 10.5. The van der Waals surface area contributed by atoms with E-state index in [9.17, 15) is 4.79 Å². The van der Waals surface area contributed by atoms with Crippen LogP contribution in [0.1, 0.15) is 16.1 Å². The number of furan rings is 1. The van der Waals surface area contributed by atoms with Gasteiger partial charge in [0.15, 0.2) is 5.78 Å². The molecule has 3 nitrogen and oxygen atoms in total. The van der Waals surface area contributed by atoms with Crippen molar-refractivity contribution in [3.05, 3.63) is 54.0 Å². The topological polar surface area (TPSA) is 39.4 Å². The van der Waals surface area contributed by atoms with E-state index in [4.69, 9.17) is 9.15 Å². The van der Waals surface area contributed by atoms with Crippen LogP contribution in [0.15, 0.2) is 52.0 Å². The molecule has 0 atom stereocenters. The van der Waals surface area contributed by atoms with Gasteiger partial charge in [0.2, 0.25) is 0 Å². The molecule has 0 saturated carbocycles. The van der Waals surface area contributed by atoms with Crippen molar-refractivity contribution in [1.82, 2.24) is 0 Å². The molecule has 18 heavy (non-hydrogen) atoms. The largest absolute Gasteiger partial charge is 0.467 e. The van der Waals surface area contributed by atoms with Crippen molar-refractivity contribution < 1.29 is 13.9 Å². The summed E-state index contributed by atoms with van der Waals surface area (Å²) in [6.07, 6.45) is 3.59. The maximum absolute atomic E-state index is 11.8. The summed E-state index contributed by atoms with van der Waals surface area (Å²) in [5.41, 5.74) is 0.673. The third-order valence-corrected chi connectivity index (χ3v) is 3.21. The van der Waals surface area contributed by atoms with E-state index >= 15 is 0 Å². The van der Waals surface area contributed by atoms with Crippen molar-refractivity contribution >= 4 is 17.5 Å². The minimum absolute atomic E-state index is 0.0193. The van der Waals surface area contributed by atoms with Crippen molar-refractivity contribution in [2.75, 3.05) is 12.9 Å². The maximum atomic E-state index is 11.8. The summed E-state index contributed by atoms with van der Waals surface area (Å²) in [4.78, 5) is 13.0. The summed E-state index contributed by atoms with van der Waals surface area (Å²) in [6.45, 7) is 0.390. The van der Waals surface area contributed by atoms with E-state index in [1.165, 1.54) is 0 Å². The standard InChI is InChI=1S/C14H14O3S/c1-18-13-6-4-11(5-7-13)14(15)10-16-9-12-3-2-8-17-12/h2-8H,9-10H2,1H3. The molecule has 0 aliphatic carbocycles. The molecule has 0 unspecified atom stereocenters. The lowest BCUT2D eigenvalue weighted by Crippen LogP contribution is -2.08. The van der Waals surface area contributed by atoms with Crippen LogP contribution in [0.4, 0.5) is 0 Å². The monoisotopic (exact) mass is 262 g/mol. The van der Waals surface area contributed by atoms with Gasteiger partial charge in [0.25, 0.3) is 0 Å². The molecule has 1 aromatic heterocycles. The Morgan fingerprint density at radius 3 is 2.67 bits per heavy atom. The number of benzene rings is 1. The van der Waals surface area contributed by atoms with E-state index in [1.807, 2.05) is 36.6 Å². The van der Waals surface area contributed by atoms with E-state index in [2.05, 4.69) is 0 Å². The van der Waals surface area contributed by atoms with Crippen molar-refractivity contribution in [1.29, 1.82) is 0 Å². The Morgan fingerprint density at radius 1 is 1.28 bits per heavy atom. The first kappa shape index (κ1) is 12.9. The number of thioether (sulfide) groups is 1. The molecule has 0 amide bonds. The Balaban J connectivity index is 1.83. The highest BCUT2D eigenvalue weighted by Crippen LogP contribution is 2.15. The second-order valence-electron chi connectivity index (χ2n) is 3.72. The highest BCUT2D eigenvalue weighted by Gasteiger charge is 2.06. The first-order valence-corrected chi connectivity index (χ1v) is 6.79. The summed E-state index contributed by atoms with van der Waals surface area (Å²) in [5, 5.41) is 0. The van der Waals surface area contributed by atoms with Crippen molar-refractivity contribution in [2.45, 2.75) is 11.5 Å². The SMILES string of the molecule is CSc1ccc(C(=O)COCc2ccco2)cc1. The predicted molar refractivity (Wildman–Crippen MR) is 70.9 cm³/mol. The van der Waals surface area contributed by atoms with Crippen molar-refractivity contribution in [3.8, 4) is 0 Å². The number of hydrogen-bond donors (Lipinski definition) is 0. The summed E-state index contributed by atoms with van der Waals surface area (Å²) in [6, 6.07) is 11.1. The third kappa shape index (κ3) is 3.48. The summed E-state index contributed by atoms with van der Waals surface area (Å²) in [7, 11) is 0. The molecule has 0 saturated heterocycles. The fraction of sp³-hybridized carbons (Fsp3) is 0.214. The van der Waals surface area contributed by atoms with Gasteiger partial charge in [-0.2, -0.15) is 0 Å². The Labute approximate surface area is 110 Å². The van der Waals surface area contributed by atoms with Gasteiger partial charge in [0, 0.05) is 10.5 Å². The van der Waals surface area contributed by atoms with Crippen LogP contribution in [0.5, 0.6) is 0 Å². The second kappa shape index (κ2) is 6.42. The van der Waals surface area contributed by atoms with Crippen LogP contribution in [-0.2, 0) is 11.3 Å². The maximum Gasteiger partial charge on any atom is 0.188 e. The minimum atomic E-state index is -0.0193. The highest BCUT2D eigenvalue weighted by atomic mass is 32.2. The minimum Gasteiger partial charge on any atom is -0.467 e. The van der Waals surface area contributed by atoms with Crippen LogP contribution < -0.4 is 0 Å². The summed E-state index contributed by atoms with van der Waals surface area (Å²) in [5.74, 6) is 0.703. The van der Waals surface area contributed by atoms with E-state index in [-0.39, 0.29) is 12.4 Å². The molecule has 2 rings (SSSR count). The van der Waals surface area contributed by atoms with Crippen LogP contribution in [0.3, 0.4) is 0 Å².